The number of nitrogens with one attached hydrogen (secondary N) is 1. The van der Waals surface area contributed by atoms with E-state index in [1.165, 1.54) is 6.26 Å². The van der Waals surface area contributed by atoms with E-state index in [0.717, 1.165) is 22.3 Å². The van der Waals surface area contributed by atoms with E-state index in [4.69, 9.17) is 4.74 Å². The van der Waals surface area contributed by atoms with E-state index in [-0.39, 0.29) is 4.90 Å². The Labute approximate surface area is 157 Å². The van der Waals surface area contributed by atoms with Crippen molar-refractivity contribution >= 4 is 20.9 Å². The molecular weight excluding hydrogens is 360 g/mol. The minimum absolute atomic E-state index is 0.246. The smallest absolute Gasteiger partial charge is 0.175 e. The Morgan fingerprint density at radius 3 is 2.48 bits per heavy atom. The van der Waals surface area contributed by atoms with E-state index in [1.54, 1.807) is 18.2 Å². The maximum atomic E-state index is 12.1. The number of pyridine rings is 1. The average molecular weight is 378 g/mol. The van der Waals surface area contributed by atoms with Gasteiger partial charge >= 0.3 is 0 Å². The predicted molar refractivity (Wildman–Crippen MR) is 106 cm³/mol. The Hall–Kier alpha value is -3.12. The Kier molecular flexibility index (Phi) is 4.20. The molecule has 2 aromatic heterocycles. The summed E-state index contributed by atoms with van der Waals surface area (Å²) in [6.45, 7) is 1.90. The lowest BCUT2D eigenvalue weighted by molar-refractivity contribution is 0.484. The number of rotatable bonds is 4. The number of nitrogens with zero attached hydrogens (tertiary/aromatic N) is 1. The molecule has 0 unspecified atom stereocenters. The molecule has 2 heterocycles. The van der Waals surface area contributed by atoms with Gasteiger partial charge in [-0.05, 0) is 55.0 Å². The number of H-pyrrole nitrogens is 1. The first-order valence-corrected chi connectivity index (χ1v) is 10.3. The summed E-state index contributed by atoms with van der Waals surface area (Å²) in [4.78, 5) is 7.85. The van der Waals surface area contributed by atoms with Crippen molar-refractivity contribution in [3.8, 4) is 22.6 Å². The van der Waals surface area contributed by atoms with Gasteiger partial charge in [-0.2, -0.15) is 0 Å². The highest BCUT2D eigenvalue weighted by Gasteiger charge is 2.17. The van der Waals surface area contributed by atoms with E-state index in [9.17, 15) is 8.42 Å². The van der Waals surface area contributed by atoms with Crippen LogP contribution < -0.4 is 4.74 Å². The number of ether oxygens (including phenoxy) is 1. The van der Waals surface area contributed by atoms with Crippen molar-refractivity contribution in [3.05, 3.63) is 72.6 Å². The lowest BCUT2D eigenvalue weighted by atomic mass is 10.0. The Bertz CT molecular complexity index is 1230. The zero-order chi connectivity index (χ0) is 19.0. The average Bonchev–Trinajstić information content (AvgIpc) is 3.09. The molecule has 0 atom stereocenters. The van der Waals surface area contributed by atoms with Gasteiger partial charge in [-0.3, -0.25) is 0 Å². The van der Waals surface area contributed by atoms with Crippen LogP contribution in [-0.2, 0) is 9.84 Å². The van der Waals surface area contributed by atoms with Crippen LogP contribution in [0.25, 0.3) is 22.2 Å². The van der Waals surface area contributed by atoms with E-state index in [0.29, 0.717) is 17.1 Å². The highest BCUT2D eigenvalue weighted by molar-refractivity contribution is 7.90. The van der Waals surface area contributed by atoms with Crippen molar-refractivity contribution in [2.24, 2.45) is 0 Å². The third kappa shape index (κ3) is 3.44. The second kappa shape index (κ2) is 6.55. The van der Waals surface area contributed by atoms with Crippen LogP contribution in [0.3, 0.4) is 0 Å². The molecule has 4 rings (SSSR count). The summed E-state index contributed by atoms with van der Waals surface area (Å²) >= 11 is 0. The quantitative estimate of drug-likeness (QED) is 0.557. The molecule has 0 radical (unpaired) electrons. The molecule has 0 aliphatic rings. The summed E-state index contributed by atoms with van der Waals surface area (Å²) < 4.78 is 30.3. The fourth-order valence-electron chi connectivity index (χ4n) is 3.04. The highest BCUT2D eigenvalue weighted by atomic mass is 32.2. The summed E-state index contributed by atoms with van der Waals surface area (Å²) in [7, 11) is -3.35. The van der Waals surface area contributed by atoms with Crippen LogP contribution >= 0.6 is 0 Å². The molecule has 4 aromatic rings. The first-order valence-electron chi connectivity index (χ1n) is 8.44. The normalized spacial score (nSPS) is 11.6. The van der Waals surface area contributed by atoms with Gasteiger partial charge in [0, 0.05) is 29.1 Å². The van der Waals surface area contributed by atoms with Crippen molar-refractivity contribution in [2.45, 2.75) is 11.8 Å². The summed E-state index contributed by atoms with van der Waals surface area (Å²) in [6.07, 6.45) is 3.02. The van der Waals surface area contributed by atoms with Crippen LogP contribution in [0.15, 0.2) is 71.8 Å². The van der Waals surface area contributed by atoms with Gasteiger partial charge in [0.1, 0.15) is 17.1 Å². The zero-order valence-corrected chi connectivity index (χ0v) is 15.7. The van der Waals surface area contributed by atoms with Crippen LogP contribution in [-0.4, -0.2) is 24.6 Å². The van der Waals surface area contributed by atoms with Gasteiger partial charge < -0.3 is 9.72 Å². The van der Waals surface area contributed by atoms with Crippen LogP contribution in [0, 0.1) is 6.92 Å². The first-order chi connectivity index (χ1) is 12.9. The minimum atomic E-state index is -3.35. The Balaban J connectivity index is 1.96. The topological polar surface area (TPSA) is 72.1 Å². The van der Waals surface area contributed by atoms with Crippen molar-refractivity contribution in [3.63, 3.8) is 0 Å². The minimum Gasteiger partial charge on any atom is -0.457 e. The molecule has 136 valence electrons. The van der Waals surface area contributed by atoms with Gasteiger partial charge in [0.25, 0.3) is 0 Å². The molecule has 0 amide bonds. The summed E-state index contributed by atoms with van der Waals surface area (Å²) in [5, 5.41) is 0.907. The maximum Gasteiger partial charge on any atom is 0.175 e. The van der Waals surface area contributed by atoms with Gasteiger partial charge in [-0.1, -0.05) is 18.2 Å². The number of aryl methyl sites for hydroxylation is 1. The second-order valence-electron chi connectivity index (χ2n) is 6.40. The number of fused-ring (bicyclic) bond motifs is 1. The molecule has 0 saturated carbocycles. The van der Waals surface area contributed by atoms with Crippen LogP contribution in [0.5, 0.6) is 11.5 Å². The number of sulfone groups is 1. The molecule has 0 spiro atoms. The molecule has 0 fully saturated rings. The number of para-hydroxylation sites is 1. The van der Waals surface area contributed by atoms with Gasteiger partial charge in [0.2, 0.25) is 0 Å². The van der Waals surface area contributed by atoms with Crippen molar-refractivity contribution < 1.29 is 13.2 Å². The number of aromatic nitrogens is 2. The third-order valence-corrected chi connectivity index (χ3v) is 5.41. The van der Waals surface area contributed by atoms with E-state index >= 15 is 0 Å². The molecule has 2 aromatic carbocycles. The molecule has 0 aliphatic heterocycles. The van der Waals surface area contributed by atoms with Crippen molar-refractivity contribution in [1.82, 2.24) is 9.97 Å². The second-order valence-corrected chi connectivity index (χ2v) is 8.41. The zero-order valence-electron chi connectivity index (χ0n) is 14.9. The highest BCUT2D eigenvalue weighted by Crippen LogP contribution is 2.38. The van der Waals surface area contributed by atoms with E-state index < -0.39 is 9.84 Å². The molecule has 6 heteroatoms. The molecule has 0 bridgehead atoms. The standard InChI is InChI=1S/C21H18N2O3S/c1-14-12-18(17-10-11-22-21(17)23-14)19-13-16(27(2,24)25)8-9-20(19)26-15-6-4-3-5-7-15/h3-13H,1-2H3,(H,22,23). The van der Waals surface area contributed by atoms with Crippen LogP contribution in [0.1, 0.15) is 5.69 Å². The fourth-order valence-corrected chi connectivity index (χ4v) is 3.69. The third-order valence-electron chi connectivity index (χ3n) is 4.30. The van der Waals surface area contributed by atoms with Gasteiger partial charge in [-0.25, -0.2) is 13.4 Å². The summed E-state index contributed by atoms with van der Waals surface area (Å²) in [5.74, 6) is 1.27. The lowest BCUT2D eigenvalue weighted by Crippen LogP contribution is -1.99. The number of hydrogen-bond acceptors (Lipinski definition) is 4. The van der Waals surface area contributed by atoms with E-state index in [2.05, 4.69) is 9.97 Å². The summed E-state index contributed by atoms with van der Waals surface area (Å²) in [6, 6.07) is 18.2. The van der Waals surface area contributed by atoms with Crippen LogP contribution in [0.4, 0.5) is 0 Å². The lowest BCUT2D eigenvalue weighted by Gasteiger charge is -2.14. The first kappa shape index (κ1) is 17.3. The summed E-state index contributed by atoms with van der Waals surface area (Å²) in [5.41, 5.74) is 3.16. The number of hydrogen-bond donors (Lipinski definition) is 1. The molecule has 5 nitrogen and oxygen atoms in total. The van der Waals surface area contributed by atoms with Crippen molar-refractivity contribution in [1.29, 1.82) is 0 Å². The SMILES string of the molecule is Cc1cc(-c2cc(S(C)(=O)=O)ccc2Oc2ccccc2)c2cc[nH]c2n1. The molecule has 1 N–H and O–H groups in total. The Morgan fingerprint density at radius 1 is 0.963 bits per heavy atom. The van der Waals surface area contributed by atoms with Gasteiger partial charge in [0.05, 0.1) is 4.90 Å². The molecule has 0 saturated heterocycles. The van der Waals surface area contributed by atoms with Gasteiger partial charge in [0.15, 0.2) is 9.84 Å². The fraction of sp³-hybridized carbons (Fsp3) is 0.0952. The monoisotopic (exact) mass is 378 g/mol. The number of benzene rings is 2. The largest absolute Gasteiger partial charge is 0.457 e. The number of aromatic amines is 1. The molecular formula is C21H18N2O3S. The van der Waals surface area contributed by atoms with Crippen molar-refractivity contribution in [2.75, 3.05) is 6.26 Å². The van der Waals surface area contributed by atoms with Gasteiger partial charge in [-0.15, -0.1) is 0 Å². The maximum absolute atomic E-state index is 12.1. The van der Waals surface area contributed by atoms with E-state index in [1.807, 2.05) is 55.6 Å². The predicted octanol–water partition coefficient (Wildman–Crippen LogP) is 4.73. The Morgan fingerprint density at radius 2 is 1.74 bits per heavy atom. The molecule has 27 heavy (non-hydrogen) atoms. The molecule has 0 aliphatic carbocycles. The van der Waals surface area contributed by atoms with Crippen LogP contribution in [0.2, 0.25) is 0 Å².